The number of pyridine rings is 1. The molecular formula is C16H12N4O2S. The van der Waals surface area contributed by atoms with E-state index in [0.29, 0.717) is 16.7 Å². The largest absolute Gasteiger partial charge is 0.345 e. The number of sulfonamides is 1. The van der Waals surface area contributed by atoms with Crippen LogP contribution in [0.15, 0.2) is 66.0 Å². The number of aromatic nitrogens is 3. The zero-order valence-corrected chi connectivity index (χ0v) is 12.7. The molecule has 0 spiro atoms. The lowest BCUT2D eigenvalue weighted by atomic mass is 10.2. The van der Waals surface area contributed by atoms with Gasteiger partial charge in [-0.25, -0.2) is 13.4 Å². The smallest absolute Gasteiger partial charge is 0.264 e. The average Bonchev–Trinajstić information content (AvgIpc) is 3.04. The molecule has 0 atom stereocenters. The van der Waals surface area contributed by atoms with Crippen LogP contribution in [0.4, 0.5) is 5.69 Å². The van der Waals surface area contributed by atoms with Crippen molar-refractivity contribution in [2.75, 3.05) is 4.72 Å². The van der Waals surface area contributed by atoms with Gasteiger partial charge < -0.3 is 4.98 Å². The van der Waals surface area contributed by atoms with Crippen molar-refractivity contribution in [3.05, 3.63) is 61.1 Å². The number of nitrogens with one attached hydrogen (secondary N) is 2. The van der Waals surface area contributed by atoms with Crippen LogP contribution >= 0.6 is 0 Å². The standard InChI is InChI=1S/C16H12N4O2S/c21-23(22,14-8-1-4-11-5-3-9-17-15(11)14)20-13-7-2-6-12-16(13)19-10-18-12/h1-10,20H,(H,18,19). The molecule has 23 heavy (non-hydrogen) atoms. The van der Waals surface area contributed by atoms with Crippen molar-refractivity contribution >= 4 is 37.6 Å². The first-order chi connectivity index (χ1) is 11.1. The van der Waals surface area contributed by atoms with Gasteiger partial charge in [0, 0.05) is 11.6 Å². The van der Waals surface area contributed by atoms with Gasteiger partial charge in [-0.05, 0) is 24.3 Å². The minimum Gasteiger partial charge on any atom is -0.345 e. The summed E-state index contributed by atoms with van der Waals surface area (Å²) in [5.74, 6) is 0. The Hall–Kier alpha value is -2.93. The molecule has 2 aromatic carbocycles. The highest BCUT2D eigenvalue weighted by Gasteiger charge is 2.19. The van der Waals surface area contributed by atoms with E-state index >= 15 is 0 Å². The molecule has 0 saturated heterocycles. The summed E-state index contributed by atoms with van der Waals surface area (Å²) in [6, 6.07) is 14.0. The predicted octanol–water partition coefficient (Wildman–Crippen LogP) is 2.91. The van der Waals surface area contributed by atoms with Crippen LogP contribution < -0.4 is 4.72 Å². The molecule has 0 aliphatic rings. The normalized spacial score (nSPS) is 11.8. The van der Waals surface area contributed by atoms with Crippen LogP contribution in [-0.2, 0) is 10.0 Å². The van der Waals surface area contributed by atoms with Crippen LogP contribution in [-0.4, -0.2) is 23.4 Å². The molecule has 2 heterocycles. The molecule has 4 aromatic rings. The maximum atomic E-state index is 12.8. The highest BCUT2D eigenvalue weighted by molar-refractivity contribution is 7.93. The zero-order chi connectivity index (χ0) is 15.9. The second kappa shape index (κ2) is 5.06. The molecule has 0 amide bonds. The molecule has 114 valence electrons. The highest BCUT2D eigenvalue weighted by atomic mass is 32.2. The lowest BCUT2D eigenvalue weighted by molar-refractivity contribution is 0.602. The first-order valence-electron chi connectivity index (χ1n) is 6.94. The minimum atomic E-state index is -3.78. The molecule has 0 radical (unpaired) electrons. The van der Waals surface area contributed by atoms with Gasteiger partial charge in [0.25, 0.3) is 10.0 Å². The van der Waals surface area contributed by atoms with Crippen molar-refractivity contribution < 1.29 is 8.42 Å². The summed E-state index contributed by atoms with van der Waals surface area (Å²) in [6.07, 6.45) is 3.11. The summed E-state index contributed by atoms with van der Waals surface area (Å²) in [6.45, 7) is 0. The van der Waals surface area contributed by atoms with E-state index in [9.17, 15) is 8.42 Å². The molecule has 7 heteroatoms. The van der Waals surface area contributed by atoms with Crippen LogP contribution in [0.1, 0.15) is 0 Å². The third kappa shape index (κ3) is 2.31. The highest BCUT2D eigenvalue weighted by Crippen LogP contribution is 2.26. The monoisotopic (exact) mass is 324 g/mol. The van der Waals surface area contributed by atoms with Crippen molar-refractivity contribution in [2.24, 2.45) is 0 Å². The second-order valence-electron chi connectivity index (χ2n) is 5.04. The third-order valence-corrected chi connectivity index (χ3v) is 4.98. The van der Waals surface area contributed by atoms with E-state index in [1.54, 1.807) is 36.5 Å². The fourth-order valence-electron chi connectivity index (χ4n) is 2.54. The van der Waals surface area contributed by atoms with Crippen molar-refractivity contribution in [2.45, 2.75) is 4.90 Å². The van der Waals surface area contributed by atoms with Gasteiger partial charge in [-0.3, -0.25) is 9.71 Å². The van der Waals surface area contributed by atoms with Gasteiger partial charge in [0.05, 0.1) is 23.0 Å². The van der Waals surface area contributed by atoms with Crippen molar-refractivity contribution in [1.29, 1.82) is 0 Å². The Kier molecular flexibility index (Phi) is 3.02. The molecule has 2 N–H and O–H groups in total. The van der Waals surface area contributed by atoms with E-state index in [0.717, 1.165) is 10.9 Å². The van der Waals surface area contributed by atoms with Gasteiger partial charge in [0.1, 0.15) is 10.4 Å². The predicted molar refractivity (Wildman–Crippen MR) is 88.6 cm³/mol. The number of para-hydroxylation sites is 2. The number of anilines is 1. The zero-order valence-electron chi connectivity index (χ0n) is 11.9. The summed E-state index contributed by atoms with van der Waals surface area (Å²) < 4.78 is 28.2. The Bertz CT molecular complexity index is 1110. The molecule has 0 aliphatic carbocycles. The number of imidazole rings is 1. The maximum Gasteiger partial charge on any atom is 0.264 e. The van der Waals surface area contributed by atoms with E-state index in [1.807, 2.05) is 18.2 Å². The number of benzene rings is 2. The molecule has 0 unspecified atom stereocenters. The molecule has 0 saturated carbocycles. The van der Waals surface area contributed by atoms with E-state index in [1.165, 1.54) is 6.33 Å². The number of H-pyrrole nitrogens is 1. The second-order valence-corrected chi connectivity index (χ2v) is 6.69. The first kappa shape index (κ1) is 13.7. The molecule has 2 aromatic heterocycles. The molecule has 0 aliphatic heterocycles. The topological polar surface area (TPSA) is 87.7 Å². The van der Waals surface area contributed by atoms with Gasteiger partial charge in [0.15, 0.2) is 0 Å². The average molecular weight is 324 g/mol. The summed E-state index contributed by atoms with van der Waals surface area (Å²) in [5, 5.41) is 0.772. The molecule has 4 rings (SSSR count). The summed E-state index contributed by atoms with van der Waals surface area (Å²) in [7, 11) is -3.78. The Labute approximate surface area is 132 Å². The summed E-state index contributed by atoms with van der Waals surface area (Å²) in [5.41, 5.74) is 2.21. The van der Waals surface area contributed by atoms with Gasteiger partial charge in [-0.15, -0.1) is 0 Å². The van der Waals surface area contributed by atoms with Gasteiger partial charge in [0.2, 0.25) is 0 Å². The minimum absolute atomic E-state index is 0.142. The summed E-state index contributed by atoms with van der Waals surface area (Å²) >= 11 is 0. The molecule has 6 nitrogen and oxygen atoms in total. The van der Waals surface area contributed by atoms with Crippen molar-refractivity contribution in [3.8, 4) is 0 Å². The lowest BCUT2D eigenvalue weighted by Crippen LogP contribution is -2.14. The Morgan fingerprint density at radius 2 is 1.74 bits per heavy atom. The van der Waals surface area contributed by atoms with E-state index in [-0.39, 0.29) is 4.90 Å². The van der Waals surface area contributed by atoms with Crippen molar-refractivity contribution in [1.82, 2.24) is 15.0 Å². The number of aromatic amines is 1. The van der Waals surface area contributed by atoms with E-state index in [4.69, 9.17) is 0 Å². The SMILES string of the molecule is O=S(=O)(Nc1cccc2[nH]cnc12)c1cccc2cccnc12. The fourth-order valence-corrected chi connectivity index (χ4v) is 3.79. The Morgan fingerprint density at radius 3 is 2.65 bits per heavy atom. The Morgan fingerprint density at radius 1 is 0.913 bits per heavy atom. The quantitative estimate of drug-likeness (QED) is 0.606. The first-order valence-corrected chi connectivity index (χ1v) is 8.42. The van der Waals surface area contributed by atoms with Gasteiger partial charge in [-0.1, -0.05) is 24.3 Å². The van der Waals surface area contributed by atoms with Gasteiger partial charge >= 0.3 is 0 Å². The number of nitrogens with zero attached hydrogens (tertiary/aromatic N) is 2. The summed E-state index contributed by atoms with van der Waals surface area (Å²) in [4.78, 5) is 11.5. The lowest BCUT2D eigenvalue weighted by Gasteiger charge is -2.10. The number of hydrogen-bond donors (Lipinski definition) is 2. The van der Waals surface area contributed by atoms with Crippen molar-refractivity contribution in [3.63, 3.8) is 0 Å². The van der Waals surface area contributed by atoms with Crippen LogP contribution in [0.25, 0.3) is 21.9 Å². The third-order valence-electron chi connectivity index (χ3n) is 3.58. The number of rotatable bonds is 3. The molecule has 0 fully saturated rings. The number of hydrogen-bond acceptors (Lipinski definition) is 4. The maximum absolute atomic E-state index is 12.8. The van der Waals surface area contributed by atoms with E-state index < -0.39 is 10.0 Å². The van der Waals surface area contributed by atoms with E-state index in [2.05, 4.69) is 19.7 Å². The molecule has 0 bridgehead atoms. The number of fused-ring (bicyclic) bond motifs is 2. The van der Waals surface area contributed by atoms with Crippen LogP contribution in [0.2, 0.25) is 0 Å². The Balaban J connectivity index is 1.86. The van der Waals surface area contributed by atoms with Crippen LogP contribution in [0, 0.1) is 0 Å². The molecular weight excluding hydrogens is 312 g/mol. The van der Waals surface area contributed by atoms with Gasteiger partial charge in [-0.2, -0.15) is 0 Å². The van der Waals surface area contributed by atoms with Crippen LogP contribution in [0.5, 0.6) is 0 Å². The van der Waals surface area contributed by atoms with Crippen LogP contribution in [0.3, 0.4) is 0 Å². The fraction of sp³-hybridized carbons (Fsp3) is 0.